The van der Waals surface area contributed by atoms with E-state index in [0.717, 1.165) is 32.0 Å². The van der Waals surface area contributed by atoms with Crippen LogP contribution >= 0.6 is 11.3 Å². The first-order chi connectivity index (χ1) is 19.2. The third kappa shape index (κ3) is 5.17. The van der Waals surface area contributed by atoms with Crippen LogP contribution in [0, 0.1) is 12.8 Å². The van der Waals surface area contributed by atoms with Crippen molar-refractivity contribution in [2.75, 3.05) is 24.4 Å². The predicted octanol–water partition coefficient (Wildman–Crippen LogP) is 4.70. The molecule has 0 amide bonds. The summed E-state index contributed by atoms with van der Waals surface area (Å²) < 4.78 is 18.8. The van der Waals surface area contributed by atoms with Gasteiger partial charge in [0.2, 0.25) is 5.95 Å². The number of ether oxygens (including phenoxy) is 3. The summed E-state index contributed by atoms with van der Waals surface area (Å²) in [5.41, 5.74) is 3.34. The Balaban J connectivity index is 1.36. The lowest BCUT2D eigenvalue weighted by Crippen LogP contribution is -2.35. The summed E-state index contributed by atoms with van der Waals surface area (Å²) in [5, 5.41) is 27.9. The predicted molar refractivity (Wildman–Crippen MR) is 154 cm³/mol. The molecule has 210 valence electrons. The molecular formula is C29H33N5O5S. The number of nitrogens with zero attached hydrogens (tertiary/aromatic N) is 3. The highest BCUT2D eigenvalue weighted by molar-refractivity contribution is 7.21. The molecule has 40 heavy (non-hydrogen) atoms. The molecule has 2 fully saturated rings. The molecule has 10 nitrogen and oxygen atoms in total. The van der Waals surface area contributed by atoms with Crippen molar-refractivity contribution >= 4 is 33.3 Å². The summed E-state index contributed by atoms with van der Waals surface area (Å²) in [6.45, 7) is 6.15. The monoisotopic (exact) mass is 563 g/mol. The summed E-state index contributed by atoms with van der Waals surface area (Å²) >= 11 is 1.59. The van der Waals surface area contributed by atoms with Gasteiger partial charge in [-0.15, -0.1) is 11.3 Å². The molecule has 3 heterocycles. The number of hydrogen-bond acceptors (Lipinski definition) is 11. The minimum atomic E-state index is -0.727. The average molecular weight is 564 g/mol. The number of benzene rings is 2. The van der Waals surface area contributed by atoms with E-state index in [2.05, 4.69) is 16.7 Å². The van der Waals surface area contributed by atoms with Crippen LogP contribution in [0.4, 0.5) is 11.8 Å². The fourth-order valence-electron chi connectivity index (χ4n) is 5.62. The number of nitrogens with one attached hydrogen (secondary N) is 2. The van der Waals surface area contributed by atoms with Crippen LogP contribution in [-0.4, -0.2) is 62.9 Å². The van der Waals surface area contributed by atoms with E-state index in [0.29, 0.717) is 30.5 Å². The maximum Gasteiger partial charge on any atom is 0.225 e. The Morgan fingerprint density at radius 2 is 1.90 bits per heavy atom. The van der Waals surface area contributed by atoms with Crippen LogP contribution in [0.1, 0.15) is 31.5 Å². The van der Waals surface area contributed by atoms with E-state index in [-0.39, 0.29) is 36.5 Å². The van der Waals surface area contributed by atoms with Gasteiger partial charge in [-0.25, -0.2) is 9.97 Å². The van der Waals surface area contributed by atoms with Crippen LogP contribution in [0.25, 0.3) is 20.8 Å². The molecule has 1 aliphatic carbocycles. The second kappa shape index (κ2) is 10.5. The number of fused-ring (bicyclic) bond motifs is 2. The summed E-state index contributed by atoms with van der Waals surface area (Å²) in [6, 6.07) is 13.0. The Kier molecular flexibility index (Phi) is 6.99. The van der Waals surface area contributed by atoms with Crippen molar-refractivity contribution in [3.63, 3.8) is 0 Å². The van der Waals surface area contributed by atoms with Crippen molar-refractivity contribution in [1.82, 2.24) is 15.0 Å². The number of thiazole rings is 1. The Morgan fingerprint density at radius 3 is 2.67 bits per heavy atom. The molecule has 2 aromatic heterocycles. The number of rotatable bonds is 8. The van der Waals surface area contributed by atoms with Gasteiger partial charge in [0.25, 0.3) is 0 Å². The molecule has 0 spiro atoms. The summed E-state index contributed by atoms with van der Waals surface area (Å²) in [5.74, 6) is 0.991. The number of aromatic nitrogens is 3. The molecule has 2 aromatic carbocycles. The van der Waals surface area contributed by atoms with E-state index in [4.69, 9.17) is 29.2 Å². The number of hydrogen-bond donors (Lipinski definition) is 4. The SMILES string of the molecule is COc1cc(O)cc(CNc2nc(C)c(-c3nc4ccccc4s3)c(N[C@@H]3C[C@H](CO)[C@H]4OC(C)(C)O[C@H]43)n2)c1. The third-order valence-electron chi connectivity index (χ3n) is 7.37. The minimum Gasteiger partial charge on any atom is -0.508 e. The molecule has 1 aliphatic heterocycles. The number of aryl methyl sites for hydroxylation is 1. The first-order valence-corrected chi connectivity index (χ1v) is 14.1. The largest absolute Gasteiger partial charge is 0.508 e. The van der Waals surface area contributed by atoms with Crippen molar-refractivity contribution in [2.45, 2.75) is 57.8 Å². The molecule has 6 rings (SSSR count). The van der Waals surface area contributed by atoms with Gasteiger partial charge in [0.05, 0.1) is 40.7 Å². The van der Waals surface area contributed by atoms with Crippen molar-refractivity contribution in [2.24, 2.45) is 5.92 Å². The average Bonchev–Trinajstić information content (AvgIpc) is 3.57. The zero-order valence-corrected chi connectivity index (χ0v) is 23.7. The number of phenols is 1. The summed E-state index contributed by atoms with van der Waals surface area (Å²) in [6.07, 6.45) is 0.238. The van der Waals surface area contributed by atoms with E-state index in [1.54, 1.807) is 30.6 Å². The molecule has 1 saturated carbocycles. The van der Waals surface area contributed by atoms with Gasteiger partial charge in [0.15, 0.2) is 5.79 Å². The van der Waals surface area contributed by atoms with E-state index in [1.807, 2.05) is 45.0 Å². The normalized spacial score (nSPS) is 23.3. The topological polar surface area (TPSA) is 131 Å². The van der Waals surface area contributed by atoms with Crippen LogP contribution in [0.5, 0.6) is 11.5 Å². The molecule has 0 unspecified atom stereocenters. The number of phenolic OH excluding ortho intramolecular Hbond substituents is 1. The molecular weight excluding hydrogens is 530 g/mol. The van der Waals surface area contributed by atoms with Gasteiger partial charge in [0, 0.05) is 25.1 Å². The third-order valence-corrected chi connectivity index (χ3v) is 8.43. The number of anilines is 2. The molecule has 4 atom stereocenters. The molecule has 4 aromatic rings. The zero-order chi connectivity index (χ0) is 28.0. The Bertz CT molecular complexity index is 1510. The standard InChI is InChI=1S/C29H33N5O5S/c1-15-23(27-33-20-7-5-6-8-22(20)40-27)26(32-21-11-17(14-35)24-25(21)39-29(2,3)38-24)34-28(31-15)30-13-16-9-18(36)12-19(10-16)37-4/h5-10,12,17,21,24-25,35-36H,11,13-14H2,1-4H3,(H2,30,31,32,34)/t17-,21-,24-,25+/m1/s1. The maximum atomic E-state index is 10.1. The maximum absolute atomic E-state index is 10.1. The van der Waals surface area contributed by atoms with Crippen LogP contribution in [-0.2, 0) is 16.0 Å². The van der Waals surface area contributed by atoms with Crippen LogP contribution in [0.15, 0.2) is 42.5 Å². The quantitative estimate of drug-likeness (QED) is 0.239. The number of aromatic hydroxyl groups is 1. The fourth-order valence-corrected chi connectivity index (χ4v) is 6.68. The highest BCUT2D eigenvalue weighted by Crippen LogP contribution is 2.44. The first-order valence-electron chi connectivity index (χ1n) is 13.3. The highest BCUT2D eigenvalue weighted by Gasteiger charge is 2.54. The van der Waals surface area contributed by atoms with E-state index < -0.39 is 5.79 Å². The zero-order valence-electron chi connectivity index (χ0n) is 22.8. The highest BCUT2D eigenvalue weighted by atomic mass is 32.1. The lowest BCUT2D eigenvalue weighted by Gasteiger charge is -2.25. The molecule has 2 aliphatic rings. The first kappa shape index (κ1) is 26.7. The lowest BCUT2D eigenvalue weighted by molar-refractivity contribution is -0.158. The van der Waals surface area contributed by atoms with Gasteiger partial charge in [0.1, 0.15) is 28.4 Å². The smallest absolute Gasteiger partial charge is 0.225 e. The fraction of sp³-hybridized carbons (Fsp3) is 0.414. The van der Waals surface area contributed by atoms with Gasteiger partial charge in [-0.05, 0) is 57.0 Å². The molecule has 1 saturated heterocycles. The van der Waals surface area contributed by atoms with Gasteiger partial charge in [-0.1, -0.05) is 12.1 Å². The molecule has 4 N–H and O–H groups in total. The number of para-hydroxylation sites is 1. The van der Waals surface area contributed by atoms with Crippen LogP contribution < -0.4 is 15.4 Å². The molecule has 0 radical (unpaired) electrons. The Hall–Kier alpha value is -3.51. The van der Waals surface area contributed by atoms with Crippen molar-refractivity contribution in [3.05, 3.63) is 53.7 Å². The second-order valence-corrected chi connectivity index (χ2v) is 11.8. The van der Waals surface area contributed by atoms with Crippen molar-refractivity contribution in [3.8, 4) is 22.1 Å². The van der Waals surface area contributed by atoms with Crippen molar-refractivity contribution in [1.29, 1.82) is 0 Å². The number of aliphatic hydroxyl groups excluding tert-OH is 1. The van der Waals surface area contributed by atoms with Crippen LogP contribution in [0.3, 0.4) is 0 Å². The summed E-state index contributed by atoms with van der Waals surface area (Å²) in [4.78, 5) is 14.6. The van der Waals surface area contributed by atoms with Gasteiger partial charge < -0.3 is 35.1 Å². The van der Waals surface area contributed by atoms with Gasteiger partial charge >= 0.3 is 0 Å². The van der Waals surface area contributed by atoms with Crippen molar-refractivity contribution < 1.29 is 24.4 Å². The minimum absolute atomic E-state index is 0.0203. The van der Waals surface area contributed by atoms with Gasteiger partial charge in [-0.2, -0.15) is 4.98 Å². The van der Waals surface area contributed by atoms with E-state index >= 15 is 0 Å². The summed E-state index contributed by atoms with van der Waals surface area (Å²) in [7, 11) is 1.56. The van der Waals surface area contributed by atoms with Crippen LogP contribution in [0.2, 0.25) is 0 Å². The molecule has 11 heteroatoms. The Morgan fingerprint density at radius 1 is 1.10 bits per heavy atom. The number of methoxy groups -OCH3 is 1. The number of aliphatic hydroxyl groups is 1. The van der Waals surface area contributed by atoms with E-state index in [1.165, 1.54) is 0 Å². The Labute approximate surface area is 236 Å². The second-order valence-electron chi connectivity index (χ2n) is 10.7. The lowest BCUT2D eigenvalue weighted by atomic mass is 10.1. The molecule has 0 bridgehead atoms. The van der Waals surface area contributed by atoms with Gasteiger partial charge in [-0.3, -0.25) is 0 Å². The van der Waals surface area contributed by atoms with E-state index in [9.17, 15) is 10.2 Å².